The summed E-state index contributed by atoms with van der Waals surface area (Å²) in [5.74, 6) is -1.02. The number of aromatic carboxylic acids is 1. The van der Waals surface area contributed by atoms with E-state index in [1.807, 2.05) is 0 Å². The molecular weight excluding hydrogens is 266 g/mol. The summed E-state index contributed by atoms with van der Waals surface area (Å²) in [6, 6.07) is 9.30. The molecule has 2 rings (SSSR count). The molecule has 0 saturated carbocycles. The molecule has 2 aromatic rings. The van der Waals surface area contributed by atoms with Crippen LogP contribution in [0.3, 0.4) is 0 Å². The Morgan fingerprint density at radius 3 is 2.45 bits per heavy atom. The van der Waals surface area contributed by atoms with E-state index in [0.717, 1.165) is 12.1 Å². The van der Waals surface area contributed by atoms with Crippen LogP contribution in [-0.2, 0) is 0 Å². The zero-order valence-corrected chi connectivity index (χ0v) is 10.0. The van der Waals surface area contributed by atoms with Gasteiger partial charge in [0.25, 0.3) is 5.69 Å². The van der Waals surface area contributed by atoms with Crippen molar-refractivity contribution < 1.29 is 24.7 Å². The zero-order chi connectivity index (χ0) is 14.7. The Labute approximate surface area is 112 Å². The van der Waals surface area contributed by atoms with Gasteiger partial charge in [0.1, 0.15) is 22.8 Å². The monoisotopic (exact) mass is 275 g/mol. The minimum atomic E-state index is -1.42. The lowest BCUT2D eigenvalue weighted by molar-refractivity contribution is -0.385. The van der Waals surface area contributed by atoms with Gasteiger partial charge in [0.05, 0.1) is 4.92 Å². The van der Waals surface area contributed by atoms with Gasteiger partial charge in [-0.2, -0.15) is 0 Å². The molecule has 0 atom stereocenters. The molecular formula is C13H9NO6. The van der Waals surface area contributed by atoms with Crippen molar-refractivity contribution in [1.29, 1.82) is 0 Å². The maximum absolute atomic E-state index is 11.0. The Kier molecular flexibility index (Phi) is 3.52. The smallest absolute Gasteiger partial charge is 0.342 e. The van der Waals surface area contributed by atoms with Gasteiger partial charge in [-0.05, 0) is 18.2 Å². The summed E-state index contributed by atoms with van der Waals surface area (Å²) in [6.07, 6.45) is 0. The number of nitrogens with zero attached hydrogens (tertiary/aromatic N) is 1. The number of aromatic hydroxyl groups is 1. The summed E-state index contributed by atoms with van der Waals surface area (Å²) < 4.78 is 5.34. The van der Waals surface area contributed by atoms with Crippen LogP contribution in [0.25, 0.3) is 0 Å². The third-order valence-corrected chi connectivity index (χ3v) is 2.45. The van der Waals surface area contributed by atoms with Gasteiger partial charge < -0.3 is 14.9 Å². The van der Waals surface area contributed by atoms with E-state index < -0.39 is 22.1 Å². The predicted molar refractivity (Wildman–Crippen MR) is 68.2 cm³/mol. The van der Waals surface area contributed by atoms with Gasteiger partial charge in [0, 0.05) is 18.2 Å². The average molecular weight is 275 g/mol. The standard InChI is InChI=1S/C13H9NO6/c15-8-2-1-3-9(6-8)20-10-4-5-12(14(18)19)11(7-10)13(16)17/h1-7,15H,(H,16,17). The van der Waals surface area contributed by atoms with Crippen LogP contribution in [0.1, 0.15) is 10.4 Å². The third kappa shape index (κ3) is 2.83. The number of hydrogen-bond donors (Lipinski definition) is 2. The fourth-order valence-corrected chi connectivity index (χ4v) is 1.59. The minimum Gasteiger partial charge on any atom is -0.508 e. The lowest BCUT2D eigenvalue weighted by Crippen LogP contribution is -2.02. The zero-order valence-electron chi connectivity index (χ0n) is 10.0. The van der Waals surface area contributed by atoms with Crippen molar-refractivity contribution in [3.63, 3.8) is 0 Å². The lowest BCUT2D eigenvalue weighted by Gasteiger charge is -2.07. The molecule has 0 aromatic heterocycles. The van der Waals surface area contributed by atoms with Gasteiger partial charge in [0.15, 0.2) is 0 Å². The topological polar surface area (TPSA) is 110 Å². The first kappa shape index (κ1) is 13.3. The maximum atomic E-state index is 11.0. The Balaban J connectivity index is 2.36. The van der Waals surface area contributed by atoms with E-state index in [-0.39, 0.29) is 17.2 Å². The van der Waals surface area contributed by atoms with Crippen LogP contribution in [-0.4, -0.2) is 21.1 Å². The highest BCUT2D eigenvalue weighted by molar-refractivity contribution is 5.92. The second-order valence-corrected chi connectivity index (χ2v) is 3.84. The summed E-state index contributed by atoms with van der Waals surface area (Å²) in [5, 5.41) is 28.9. The van der Waals surface area contributed by atoms with Gasteiger partial charge in [-0.3, -0.25) is 10.1 Å². The number of carbonyl (C=O) groups is 1. The first-order chi connectivity index (χ1) is 9.47. The molecule has 0 aliphatic carbocycles. The minimum absolute atomic E-state index is 0.0112. The molecule has 0 heterocycles. The van der Waals surface area contributed by atoms with Crippen molar-refractivity contribution in [2.45, 2.75) is 0 Å². The first-order valence-electron chi connectivity index (χ1n) is 5.46. The van der Waals surface area contributed by atoms with Crippen molar-refractivity contribution in [2.75, 3.05) is 0 Å². The highest BCUT2D eigenvalue weighted by atomic mass is 16.6. The molecule has 0 bridgehead atoms. The van der Waals surface area contributed by atoms with E-state index in [0.29, 0.717) is 0 Å². The van der Waals surface area contributed by atoms with Crippen LogP contribution < -0.4 is 4.74 Å². The molecule has 0 amide bonds. The maximum Gasteiger partial charge on any atom is 0.342 e. The van der Waals surface area contributed by atoms with Crippen LogP contribution in [0.5, 0.6) is 17.2 Å². The molecule has 102 valence electrons. The van der Waals surface area contributed by atoms with E-state index in [1.165, 1.54) is 18.2 Å². The van der Waals surface area contributed by atoms with Crippen molar-refractivity contribution in [3.8, 4) is 17.2 Å². The van der Waals surface area contributed by atoms with Gasteiger partial charge in [0.2, 0.25) is 0 Å². The Hall–Kier alpha value is -3.09. The number of hydrogen-bond acceptors (Lipinski definition) is 5. The largest absolute Gasteiger partial charge is 0.508 e. The van der Waals surface area contributed by atoms with Crippen LogP contribution in [0.2, 0.25) is 0 Å². The lowest BCUT2D eigenvalue weighted by atomic mass is 10.1. The third-order valence-electron chi connectivity index (χ3n) is 2.45. The summed E-state index contributed by atoms with van der Waals surface area (Å²) in [4.78, 5) is 20.9. The number of benzene rings is 2. The number of rotatable bonds is 4. The molecule has 20 heavy (non-hydrogen) atoms. The van der Waals surface area contributed by atoms with Crippen molar-refractivity contribution in [2.24, 2.45) is 0 Å². The van der Waals surface area contributed by atoms with Crippen LogP contribution >= 0.6 is 0 Å². The first-order valence-corrected chi connectivity index (χ1v) is 5.46. The summed E-state index contributed by atoms with van der Waals surface area (Å²) in [7, 11) is 0. The van der Waals surface area contributed by atoms with Crippen molar-refractivity contribution >= 4 is 11.7 Å². The van der Waals surface area contributed by atoms with E-state index in [4.69, 9.17) is 9.84 Å². The number of carboxylic acid groups (broad SMARTS) is 1. The summed E-state index contributed by atoms with van der Waals surface area (Å²) >= 11 is 0. The van der Waals surface area contributed by atoms with Gasteiger partial charge in [-0.25, -0.2) is 4.79 Å². The normalized spacial score (nSPS) is 10.0. The molecule has 2 aromatic carbocycles. The molecule has 0 unspecified atom stereocenters. The van der Waals surface area contributed by atoms with E-state index in [2.05, 4.69) is 0 Å². The SMILES string of the molecule is O=C(O)c1cc(Oc2cccc(O)c2)ccc1[N+](=O)[O-]. The van der Waals surface area contributed by atoms with Crippen LogP contribution in [0.15, 0.2) is 42.5 Å². The fourth-order valence-electron chi connectivity index (χ4n) is 1.59. The van der Waals surface area contributed by atoms with E-state index in [9.17, 15) is 20.0 Å². The van der Waals surface area contributed by atoms with Crippen molar-refractivity contribution in [1.82, 2.24) is 0 Å². The average Bonchev–Trinajstić information content (AvgIpc) is 2.38. The van der Waals surface area contributed by atoms with E-state index in [1.54, 1.807) is 12.1 Å². The number of phenolic OH excluding ortho intramolecular Hbond substituents is 1. The number of ether oxygens (including phenoxy) is 1. The molecule has 0 radical (unpaired) electrons. The number of phenols is 1. The van der Waals surface area contributed by atoms with Crippen LogP contribution in [0, 0.1) is 10.1 Å². The summed E-state index contributed by atoms with van der Waals surface area (Å²) in [5.41, 5.74) is -0.978. The van der Waals surface area contributed by atoms with Crippen LogP contribution in [0.4, 0.5) is 5.69 Å². The second kappa shape index (κ2) is 5.27. The number of nitro benzene ring substituents is 1. The Morgan fingerprint density at radius 2 is 1.85 bits per heavy atom. The molecule has 7 heteroatoms. The second-order valence-electron chi connectivity index (χ2n) is 3.84. The number of carboxylic acids is 1. The van der Waals surface area contributed by atoms with Gasteiger partial charge in [-0.1, -0.05) is 6.07 Å². The predicted octanol–water partition coefficient (Wildman–Crippen LogP) is 2.79. The number of nitro groups is 1. The molecule has 7 nitrogen and oxygen atoms in total. The highest BCUT2D eigenvalue weighted by Gasteiger charge is 2.20. The van der Waals surface area contributed by atoms with Crippen molar-refractivity contribution in [3.05, 3.63) is 58.1 Å². The fraction of sp³-hybridized carbons (Fsp3) is 0. The Morgan fingerprint density at radius 1 is 1.15 bits per heavy atom. The van der Waals surface area contributed by atoms with E-state index >= 15 is 0 Å². The quantitative estimate of drug-likeness (QED) is 0.655. The Bertz CT molecular complexity index is 682. The molecule has 2 N–H and O–H groups in total. The molecule has 0 aliphatic heterocycles. The van der Waals surface area contributed by atoms with Gasteiger partial charge in [-0.15, -0.1) is 0 Å². The molecule has 0 saturated heterocycles. The van der Waals surface area contributed by atoms with Gasteiger partial charge >= 0.3 is 5.97 Å². The summed E-state index contributed by atoms with van der Waals surface area (Å²) in [6.45, 7) is 0. The highest BCUT2D eigenvalue weighted by Crippen LogP contribution is 2.29. The molecule has 0 spiro atoms. The molecule has 0 aliphatic rings. The molecule has 0 fully saturated rings.